The molecular weight excluding hydrogens is 248 g/mol. The Labute approximate surface area is 121 Å². The largest absolute Gasteiger partial charge is 0.489 e. The van der Waals surface area contributed by atoms with Crippen molar-refractivity contribution >= 4 is 0 Å². The Hall–Kier alpha value is -1.87. The first kappa shape index (κ1) is 14.5. The van der Waals surface area contributed by atoms with Crippen molar-refractivity contribution in [3.05, 3.63) is 48.3 Å². The molecule has 1 N–H and O–H groups in total. The molecule has 2 rings (SSSR count). The van der Waals surface area contributed by atoms with Gasteiger partial charge in [-0.1, -0.05) is 25.1 Å². The summed E-state index contributed by atoms with van der Waals surface area (Å²) in [5.41, 5.74) is 3.53. The SMILES string of the molecule is CCNCc1cccc(-c2cncc(OC(C)C)c2)c1. The summed E-state index contributed by atoms with van der Waals surface area (Å²) >= 11 is 0. The van der Waals surface area contributed by atoms with Gasteiger partial charge in [-0.05, 0) is 43.7 Å². The Morgan fingerprint density at radius 3 is 2.75 bits per heavy atom. The quantitative estimate of drug-likeness (QED) is 0.870. The zero-order chi connectivity index (χ0) is 14.4. The molecule has 0 aliphatic carbocycles. The second-order valence-corrected chi connectivity index (χ2v) is 5.06. The van der Waals surface area contributed by atoms with Crippen LogP contribution in [-0.4, -0.2) is 17.6 Å². The predicted molar refractivity (Wildman–Crippen MR) is 82.8 cm³/mol. The number of ether oxygens (including phenoxy) is 1. The Morgan fingerprint density at radius 1 is 1.15 bits per heavy atom. The van der Waals surface area contributed by atoms with E-state index in [2.05, 4.69) is 41.5 Å². The van der Waals surface area contributed by atoms with Crippen molar-refractivity contribution in [2.24, 2.45) is 0 Å². The Balaban J connectivity index is 2.22. The second kappa shape index (κ2) is 7.06. The van der Waals surface area contributed by atoms with Gasteiger partial charge in [-0.25, -0.2) is 0 Å². The monoisotopic (exact) mass is 270 g/mol. The number of hydrogen-bond acceptors (Lipinski definition) is 3. The lowest BCUT2D eigenvalue weighted by Gasteiger charge is -2.11. The van der Waals surface area contributed by atoms with Crippen LogP contribution in [0.3, 0.4) is 0 Å². The van der Waals surface area contributed by atoms with Crippen LogP contribution in [0.2, 0.25) is 0 Å². The van der Waals surface area contributed by atoms with Crippen LogP contribution < -0.4 is 10.1 Å². The minimum absolute atomic E-state index is 0.159. The van der Waals surface area contributed by atoms with Crippen LogP contribution in [0.25, 0.3) is 11.1 Å². The van der Waals surface area contributed by atoms with E-state index in [-0.39, 0.29) is 6.10 Å². The molecule has 0 spiro atoms. The van der Waals surface area contributed by atoms with E-state index in [9.17, 15) is 0 Å². The molecule has 0 aliphatic heterocycles. The minimum atomic E-state index is 0.159. The highest BCUT2D eigenvalue weighted by Gasteiger charge is 2.03. The summed E-state index contributed by atoms with van der Waals surface area (Å²) in [5.74, 6) is 0.814. The lowest BCUT2D eigenvalue weighted by molar-refractivity contribution is 0.241. The Morgan fingerprint density at radius 2 is 2.00 bits per heavy atom. The molecule has 1 aromatic carbocycles. The smallest absolute Gasteiger partial charge is 0.138 e. The third-order valence-corrected chi connectivity index (χ3v) is 2.92. The van der Waals surface area contributed by atoms with E-state index in [4.69, 9.17) is 4.74 Å². The van der Waals surface area contributed by atoms with Gasteiger partial charge in [0.1, 0.15) is 5.75 Å². The fourth-order valence-electron chi connectivity index (χ4n) is 2.04. The fourth-order valence-corrected chi connectivity index (χ4v) is 2.04. The van der Waals surface area contributed by atoms with Gasteiger partial charge in [0.05, 0.1) is 12.3 Å². The zero-order valence-corrected chi connectivity index (χ0v) is 12.4. The van der Waals surface area contributed by atoms with Gasteiger partial charge in [0, 0.05) is 18.3 Å². The number of hydrogen-bond donors (Lipinski definition) is 1. The molecule has 0 amide bonds. The molecule has 0 saturated carbocycles. The summed E-state index contributed by atoms with van der Waals surface area (Å²) in [6.45, 7) is 8.01. The highest BCUT2D eigenvalue weighted by molar-refractivity contribution is 5.64. The van der Waals surface area contributed by atoms with Crippen molar-refractivity contribution in [2.75, 3.05) is 6.54 Å². The van der Waals surface area contributed by atoms with E-state index < -0.39 is 0 Å². The molecule has 20 heavy (non-hydrogen) atoms. The number of aromatic nitrogens is 1. The molecule has 1 heterocycles. The number of nitrogens with one attached hydrogen (secondary N) is 1. The maximum atomic E-state index is 5.70. The van der Waals surface area contributed by atoms with E-state index in [1.165, 1.54) is 11.1 Å². The van der Waals surface area contributed by atoms with E-state index >= 15 is 0 Å². The summed E-state index contributed by atoms with van der Waals surface area (Å²) in [6, 6.07) is 10.6. The molecule has 0 unspecified atom stereocenters. The molecule has 0 radical (unpaired) electrons. The van der Waals surface area contributed by atoms with Gasteiger partial charge < -0.3 is 10.1 Å². The molecule has 1 aromatic heterocycles. The summed E-state index contributed by atoms with van der Waals surface area (Å²) in [6.07, 6.45) is 3.79. The van der Waals surface area contributed by atoms with E-state index in [1.54, 1.807) is 6.20 Å². The highest BCUT2D eigenvalue weighted by atomic mass is 16.5. The summed E-state index contributed by atoms with van der Waals surface area (Å²) in [5, 5.41) is 3.34. The molecule has 0 saturated heterocycles. The maximum Gasteiger partial charge on any atom is 0.138 e. The van der Waals surface area contributed by atoms with Crippen LogP contribution in [0.5, 0.6) is 5.75 Å². The lowest BCUT2D eigenvalue weighted by Crippen LogP contribution is -2.11. The normalized spacial score (nSPS) is 10.8. The average Bonchev–Trinajstić information content (AvgIpc) is 2.45. The van der Waals surface area contributed by atoms with Gasteiger partial charge in [0.25, 0.3) is 0 Å². The van der Waals surface area contributed by atoms with Crippen LogP contribution in [0.4, 0.5) is 0 Å². The van der Waals surface area contributed by atoms with Crippen molar-refractivity contribution in [3.8, 4) is 16.9 Å². The van der Waals surface area contributed by atoms with Crippen LogP contribution in [-0.2, 0) is 6.54 Å². The number of benzene rings is 1. The van der Waals surface area contributed by atoms with Crippen LogP contribution in [0.1, 0.15) is 26.3 Å². The van der Waals surface area contributed by atoms with Crippen molar-refractivity contribution < 1.29 is 4.74 Å². The molecule has 0 aliphatic rings. The minimum Gasteiger partial charge on any atom is -0.489 e. The van der Waals surface area contributed by atoms with Gasteiger partial charge in [-0.15, -0.1) is 0 Å². The number of nitrogens with zero attached hydrogens (tertiary/aromatic N) is 1. The van der Waals surface area contributed by atoms with Crippen LogP contribution in [0, 0.1) is 0 Å². The Bertz CT molecular complexity index is 552. The number of pyridine rings is 1. The highest BCUT2D eigenvalue weighted by Crippen LogP contribution is 2.24. The lowest BCUT2D eigenvalue weighted by atomic mass is 10.0. The molecule has 2 aromatic rings. The van der Waals surface area contributed by atoms with Gasteiger partial charge in [0.2, 0.25) is 0 Å². The molecule has 0 fully saturated rings. The van der Waals surface area contributed by atoms with Crippen LogP contribution >= 0.6 is 0 Å². The third kappa shape index (κ3) is 4.07. The van der Waals surface area contributed by atoms with E-state index in [1.807, 2.05) is 26.1 Å². The second-order valence-electron chi connectivity index (χ2n) is 5.06. The van der Waals surface area contributed by atoms with Crippen molar-refractivity contribution in [1.82, 2.24) is 10.3 Å². The van der Waals surface area contributed by atoms with Crippen molar-refractivity contribution in [2.45, 2.75) is 33.4 Å². The topological polar surface area (TPSA) is 34.2 Å². The molecular formula is C17H22N2O. The first-order valence-corrected chi connectivity index (χ1v) is 7.10. The van der Waals surface area contributed by atoms with E-state index in [0.717, 1.165) is 24.4 Å². The predicted octanol–water partition coefficient (Wildman–Crippen LogP) is 3.65. The van der Waals surface area contributed by atoms with Gasteiger partial charge >= 0.3 is 0 Å². The molecule has 3 nitrogen and oxygen atoms in total. The van der Waals surface area contributed by atoms with Crippen molar-refractivity contribution in [1.29, 1.82) is 0 Å². The first-order valence-electron chi connectivity index (χ1n) is 7.10. The van der Waals surface area contributed by atoms with E-state index in [0.29, 0.717) is 0 Å². The summed E-state index contributed by atoms with van der Waals surface area (Å²) in [4.78, 5) is 4.27. The van der Waals surface area contributed by atoms with Gasteiger partial charge in [-0.3, -0.25) is 4.98 Å². The summed E-state index contributed by atoms with van der Waals surface area (Å²) < 4.78 is 5.70. The van der Waals surface area contributed by atoms with Gasteiger partial charge in [0.15, 0.2) is 0 Å². The average molecular weight is 270 g/mol. The molecule has 3 heteroatoms. The Kier molecular flexibility index (Phi) is 5.13. The van der Waals surface area contributed by atoms with Gasteiger partial charge in [-0.2, -0.15) is 0 Å². The van der Waals surface area contributed by atoms with Crippen LogP contribution in [0.15, 0.2) is 42.7 Å². The third-order valence-electron chi connectivity index (χ3n) is 2.92. The fraction of sp³-hybridized carbons (Fsp3) is 0.353. The molecule has 106 valence electrons. The maximum absolute atomic E-state index is 5.70. The molecule has 0 bridgehead atoms. The zero-order valence-electron chi connectivity index (χ0n) is 12.4. The summed E-state index contributed by atoms with van der Waals surface area (Å²) in [7, 11) is 0. The van der Waals surface area contributed by atoms with Crippen molar-refractivity contribution in [3.63, 3.8) is 0 Å². The number of rotatable bonds is 6. The molecule has 0 atom stereocenters. The first-order chi connectivity index (χ1) is 9.69. The standard InChI is InChI=1S/C17H22N2O/c1-4-18-10-14-6-5-7-15(8-14)16-9-17(12-19-11-16)20-13(2)3/h5-9,11-13,18H,4,10H2,1-3H3.